The molecule has 106 valence electrons. The Morgan fingerprint density at radius 3 is 2.22 bits per heavy atom. The van der Waals surface area contributed by atoms with Gasteiger partial charge in [-0.1, -0.05) is 58.3 Å². The fourth-order valence-corrected chi connectivity index (χ4v) is 3.02. The highest BCUT2D eigenvalue weighted by molar-refractivity contribution is 5.34. The van der Waals surface area contributed by atoms with Crippen molar-refractivity contribution in [2.24, 2.45) is 5.92 Å². The molecule has 0 aliphatic heterocycles. The Kier molecular flexibility index (Phi) is 10.1. The van der Waals surface area contributed by atoms with E-state index >= 15 is 0 Å². The maximum atomic E-state index is 4.19. The Morgan fingerprint density at radius 1 is 1.11 bits per heavy atom. The fraction of sp³-hybridized carbons (Fsp3) is 0.778. The molecule has 0 saturated heterocycles. The smallest absolute Gasteiger partial charge is 0.0200 e. The molecule has 1 atom stereocenters. The van der Waals surface area contributed by atoms with Crippen molar-refractivity contribution in [2.45, 2.75) is 86.0 Å². The molecule has 0 spiro atoms. The highest BCUT2D eigenvalue weighted by Crippen LogP contribution is 2.35. The van der Waals surface area contributed by atoms with Crippen LogP contribution in [0.3, 0.4) is 0 Å². The Balaban J connectivity index is 0.00000137. The van der Waals surface area contributed by atoms with Crippen LogP contribution in [0.15, 0.2) is 23.3 Å². The van der Waals surface area contributed by atoms with Crippen molar-refractivity contribution in [3.05, 3.63) is 23.3 Å². The number of rotatable bonds is 5. The molecule has 0 aromatic heterocycles. The number of allylic oxidation sites excluding steroid dienone is 3. The van der Waals surface area contributed by atoms with Crippen molar-refractivity contribution in [1.82, 2.24) is 0 Å². The van der Waals surface area contributed by atoms with Gasteiger partial charge >= 0.3 is 0 Å². The molecule has 0 saturated carbocycles. The quantitative estimate of drug-likeness (QED) is 0.511. The molecular weight excluding hydrogens is 216 g/mol. The van der Waals surface area contributed by atoms with Crippen LogP contribution >= 0.6 is 0 Å². The number of hydrogen-bond donors (Lipinski definition) is 0. The van der Waals surface area contributed by atoms with Gasteiger partial charge in [-0.05, 0) is 56.9 Å². The molecule has 0 heterocycles. The summed E-state index contributed by atoms with van der Waals surface area (Å²) in [6, 6.07) is 0. The minimum absolute atomic E-state index is 0.829. The van der Waals surface area contributed by atoms with E-state index in [0.717, 1.165) is 5.92 Å². The molecule has 0 amide bonds. The maximum absolute atomic E-state index is 4.19. The normalized spacial score (nSPS) is 17.6. The van der Waals surface area contributed by atoms with Crippen molar-refractivity contribution in [3.8, 4) is 0 Å². The predicted octanol–water partition coefficient (Wildman–Crippen LogP) is 6.68. The first-order chi connectivity index (χ1) is 8.70. The summed E-state index contributed by atoms with van der Waals surface area (Å²) < 4.78 is 0. The van der Waals surface area contributed by atoms with Gasteiger partial charge in [0, 0.05) is 0 Å². The van der Waals surface area contributed by atoms with Crippen LogP contribution in [0.4, 0.5) is 0 Å². The predicted molar refractivity (Wildman–Crippen MR) is 85.0 cm³/mol. The Bertz CT molecular complexity index is 257. The molecule has 0 bridgehead atoms. The van der Waals surface area contributed by atoms with Crippen LogP contribution in [-0.4, -0.2) is 0 Å². The van der Waals surface area contributed by atoms with E-state index < -0.39 is 0 Å². The third-order valence-electron chi connectivity index (χ3n) is 3.90. The van der Waals surface area contributed by atoms with Gasteiger partial charge in [-0.25, -0.2) is 0 Å². The molecule has 0 fully saturated rings. The summed E-state index contributed by atoms with van der Waals surface area (Å²) in [5.74, 6) is 0.829. The molecule has 0 radical (unpaired) electrons. The Labute approximate surface area is 116 Å². The van der Waals surface area contributed by atoms with E-state index in [0.29, 0.717) is 0 Å². The lowest BCUT2D eigenvalue weighted by molar-refractivity contribution is 0.509. The summed E-state index contributed by atoms with van der Waals surface area (Å²) in [7, 11) is 0. The summed E-state index contributed by atoms with van der Waals surface area (Å²) in [6.07, 6.45) is 10.8. The van der Waals surface area contributed by atoms with Crippen molar-refractivity contribution >= 4 is 0 Å². The first-order valence-corrected chi connectivity index (χ1v) is 8.08. The zero-order chi connectivity index (χ0) is 14.0. The van der Waals surface area contributed by atoms with Crippen LogP contribution < -0.4 is 0 Å². The second-order valence-corrected chi connectivity index (χ2v) is 5.24. The van der Waals surface area contributed by atoms with Crippen molar-refractivity contribution in [2.75, 3.05) is 0 Å². The fourth-order valence-electron chi connectivity index (χ4n) is 3.02. The monoisotopic (exact) mass is 250 g/mol. The maximum Gasteiger partial charge on any atom is -0.0200 e. The minimum atomic E-state index is 0.829. The topological polar surface area (TPSA) is 0 Å². The molecule has 0 nitrogen and oxygen atoms in total. The molecule has 0 aromatic carbocycles. The first kappa shape index (κ1) is 17.5. The van der Waals surface area contributed by atoms with E-state index in [2.05, 4.69) is 27.4 Å². The molecule has 0 N–H and O–H groups in total. The zero-order valence-corrected chi connectivity index (χ0v) is 13.4. The Morgan fingerprint density at radius 2 is 1.72 bits per heavy atom. The standard InChI is InChI=1S/C16H28.C2H6/c1-5-10-14(6-2)16-12-9-7-8-11-15(16)13(3)4;1-2/h14H,3,5-12H2,1-2,4H3;1-2H3. The lowest BCUT2D eigenvalue weighted by Crippen LogP contribution is -2.06. The van der Waals surface area contributed by atoms with Gasteiger partial charge in [-0.3, -0.25) is 0 Å². The lowest BCUT2D eigenvalue weighted by Gasteiger charge is -2.22. The molecule has 0 heteroatoms. The molecule has 0 aromatic rings. The van der Waals surface area contributed by atoms with Crippen molar-refractivity contribution < 1.29 is 0 Å². The highest BCUT2D eigenvalue weighted by Gasteiger charge is 2.18. The SMILES string of the molecule is C=C(C)C1=C(C(CC)CCC)CCCCC1.CC. The molecular formula is C18H34. The largest absolute Gasteiger partial charge is 0.0958 e. The molecule has 1 aliphatic carbocycles. The summed E-state index contributed by atoms with van der Waals surface area (Å²) in [4.78, 5) is 0. The summed E-state index contributed by atoms with van der Waals surface area (Å²) in [5, 5.41) is 0. The van der Waals surface area contributed by atoms with Gasteiger partial charge in [0.1, 0.15) is 0 Å². The van der Waals surface area contributed by atoms with Gasteiger partial charge in [0.05, 0.1) is 0 Å². The van der Waals surface area contributed by atoms with E-state index in [1.165, 1.54) is 56.9 Å². The summed E-state index contributed by atoms with van der Waals surface area (Å²) >= 11 is 0. The second kappa shape index (κ2) is 10.4. The van der Waals surface area contributed by atoms with E-state index in [9.17, 15) is 0 Å². The third kappa shape index (κ3) is 5.42. The van der Waals surface area contributed by atoms with Crippen LogP contribution in [-0.2, 0) is 0 Å². The van der Waals surface area contributed by atoms with E-state index in [-0.39, 0.29) is 0 Å². The van der Waals surface area contributed by atoms with Gasteiger partial charge in [-0.15, -0.1) is 0 Å². The van der Waals surface area contributed by atoms with Gasteiger partial charge in [0.25, 0.3) is 0 Å². The van der Waals surface area contributed by atoms with Crippen molar-refractivity contribution in [3.63, 3.8) is 0 Å². The molecule has 18 heavy (non-hydrogen) atoms. The second-order valence-electron chi connectivity index (χ2n) is 5.24. The molecule has 1 unspecified atom stereocenters. The zero-order valence-electron chi connectivity index (χ0n) is 13.4. The van der Waals surface area contributed by atoms with Crippen LogP contribution in [0, 0.1) is 5.92 Å². The van der Waals surface area contributed by atoms with Crippen LogP contribution in [0.2, 0.25) is 0 Å². The van der Waals surface area contributed by atoms with Gasteiger partial charge in [0.2, 0.25) is 0 Å². The summed E-state index contributed by atoms with van der Waals surface area (Å²) in [6.45, 7) is 15.0. The average molecular weight is 250 g/mol. The average Bonchev–Trinajstić information content (AvgIpc) is 2.64. The van der Waals surface area contributed by atoms with Crippen molar-refractivity contribution in [1.29, 1.82) is 0 Å². The van der Waals surface area contributed by atoms with E-state index in [1.807, 2.05) is 13.8 Å². The van der Waals surface area contributed by atoms with Crippen LogP contribution in [0.5, 0.6) is 0 Å². The van der Waals surface area contributed by atoms with Gasteiger partial charge in [-0.2, -0.15) is 0 Å². The van der Waals surface area contributed by atoms with Gasteiger partial charge in [0.15, 0.2) is 0 Å². The highest BCUT2D eigenvalue weighted by atomic mass is 14.2. The molecule has 1 aliphatic rings. The van der Waals surface area contributed by atoms with E-state index in [4.69, 9.17) is 0 Å². The lowest BCUT2D eigenvalue weighted by atomic mass is 9.84. The summed E-state index contributed by atoms with van der Waals surface area (Å²) in [5.41, 5.74) is 4.71. The van der Waals surface area contributed by atoms with Gasteiger partial charge < -0.3 is 0 Å². The Hall–Kier alpha value is -0.520. The van der Waals surface area contributed by atoms with Crippen LogP contribution in [0.25, 0.3) is 0 Å². The van der Waals surface area contributed by atoms with Crippen LogP contribution in [0.1, 0.15) is 86.0 Å². The van der Waals surface area contributed by atoms with E-state index in [1.54, 1.807) is 11.1 Å². The molecule has 1 rings (SSSR count). The third-order valence-corrected chi connectivity index (χ3v) is 3.90. The first-order valence-electron chi connectivity index (χ1n) is 8.08. The minimum Gasteiger partial charge on any atom is -0.0958 e. The number of hydrogen-bond acceptors (Lipinski definition) is 0.